The molecule has 0 fully saturated rings. The Balaban J connectivity index is 1.92. The minimum atomic E-state index is -0.297. The quantitative estimate of drug-likeness (QED) is 0.587. The molecule has 0 aliphatic carbocycles. The lowest BCUT2D eigenvalue weighted by Gasteiger charge is -2.15. The summed E-state index contributed by atoms with van der Waals surface area (Å²) in [4.78, 5) is 15.7. The normalized spacial score (nSPS) is 9.81. The highest BCUT2D eigenvalue weighted by molar-refractivity contribution is 7.80. The number of para-hydroxylation sites is 1. The Bertz CT molecular complexity index is 638. The number of rotatable bonds is 2. The zero-order valence-corrected chi connectivity index (χ0v) is 12.6. The molecule has 108 valence electrons. The number of anilines is 1. The molecule has 1 aromatic heterocycles. The van der Waals surface area contributed by atoms with E-state index in [-0.39, 0.29) is 5.91 Å². The van der Waals surface area contributed by atoms with E-state index in [0.29, 0.717) is 10.7 Å². The van der Waals surface area contributed by atoms with E-state index in [1.54, 1.807) is 18.3 Å². The first kappa shape index (κ1) is 14.9. The van der Waals surface area contributed by atoms with Gasteiger partial charge in [-0.2, -0.15) is 0 Å². The van der Waals surface area contributed by atoms with Crippen molar-refractivity contribution in [2.75, 3.05) is 5.32 Å². The summed E-state index contributed by atoms with van der Waals surface area (Å²) in [5.74, 6) is -0.297. The van der Waals surface area contributed by atoms with Crippen LogP contribution in [-0.2, 0) is 0 Å². The van der Waals surface area contributed by atoms with Crippen LogP contribution in [0.25, 0.3) is 0 Å². The van der Waals surface area contributed by atoms with E-state index in [0.717, 1.165) is 16.8 Å². The number of carbonyl (C=O) groups is 1. The Morgan fingerprint density at radius 3 is 2.43 bits per heavy atom. The first-order valence-electron chi connectivity index (χ1n) is 6.41. The van der Waals surface area contributed by atoms with Crippen molar-refractivity contribution in [3.05, 3.63) is 59.4 Å². The van der Waals surface area contributed by atoms with Crippen molar-refractivity contribution >= 4 is 28.9 Å². The second-order valence-corrected chi connectivity index (χ2v) is 4.95. The summed E-state index contributed by atoms with van der Waals surface area (Å²) in [6, 6.07) is 9.34. The van der Waals surface area contributed by atoms with Gasteiger partial charge in [0.05, 0.1) is 5.56 Å². The van der Waals surface area contributed by atoms with Gasteiger partial charge in [0.15, 0.2) is 5.11 Å². The molecule has 0 spiro atoms. The number of nitrogens with zero attached hydrogens (tertiary/aromatic N) is 1. The summed E-state index contributed by atoms with van der Waals surface area (Å²) in [6.07, 6.45) is 3.09. The maximum absolute atomic E-state index is 11.8. The molecule has 1 amide bonds. The molecule has 3 N–H and O–H groups in total. The van der Waals surface area contributed by atoms with Gasteiger partial charge >= 0.3 is 0 Å². The number of amides is 1. The number of benzene rings is 1. The van der Waals surface area contributed by atoms with Crippen LogP contribution in [0.2, 0.25) is 0 Å². The first-order valence-corrected chi connectivity index (χ1v) is 6.82. The van der Waals surface area contributed by atoms with Gasteiger partial charge in [0, 0.05) is 18.1 Å². The molecule has 0 aliphatic heterocycles. The van der Waals surface area contributed by atoms with Crippen LogP contribution in [0.4, 0.5) is 5.69 Å². The minimum absolute atomic E-state index is 0.297. The van der Waals surface area contributed by atoms with Gasteiger partial charge in [-0.3, -0.25) is 20.6 Å². The zero-order valence-electron chi connectivity index (χ0n) is 11.8. The molecule has 0 atom stereocenters. The molecule has 0 radical (unpaired) electrons. The second kappa shape index (κ2) is 6.81. The smallest absolute Gasteiger partial charge is 0.271 e. The minimum Gasteiger partial charge on any atom is -0.331 e. The lowest BCUT2D eigenvalue weighted by Crippen LogP contribution is -2.43. The third-order valence-corrected chi connectivity index (χ3v) is 3.14. The average Bonchev–Trinajstić information content (AvgIpc) is 2.49. The SMILES string of the molecule is Cc1cccc(C)c1NC(=S)NNC(=O)c1cccnc1. The summed E-state index contributed by atoms with van der Waals surface area (Å²) in [5, 5.41) is 3.40. The Morgan fingerprint density at radius 2 is 1.81 bits per heavy atom. The molecule has 1 aromatic carbocycles. The highest BCUT2D eigenvalue weighted by Crippen LogP contribution is 2.18. The molecule has 0 saturated carbocycles. The predicted octanol–water partition coefficient (Wildman–Crippen LogP) is 2.33. The van der Waals surface area contributed by atoms with Crippen molar-refractivity contribution in [3.8, 4) is 0 Å². The topological polar surface area (TPSA) is 66.0 Å². The molecule has 0 bridgehead atoms. The van der Waals surface area contributed by atoms with Crippen molar-refractivity contribution in [3.63, 3.8) is 0 Å². The number of thiocarbonyl (C=S) groups is 1. The molecular formula is C15H16N4OS. The standard InChI is InChI=1S/C15H16N4OS/c1-10-5-3-6-11(2)13(10)17-15(21)19-18-14(20)12-7-4-8-16-9-12/h3-9H,1-2H3,(H,18,20)(H2,17,19,21). The van der Waals surface area contributed by atoms with E-state index in [4.69, 9.17) is 12.2 Å². The van der Waals surface area contributed by atoms with E-state index in [2.05, 4.69) is 21.2 Å². The third-order valence-electron chi connectivity index (χ3n) is 2.93. The lowest BCUT2D eigenvalue weighted by molar-refractivity contribution is 0.0944. The van der Waals surface area contributed by atoms with Crippen LogP contribution in [0.3, 0.4) is 0 Å². The summed E-state index contributed by atoms with van der Waals surface area (Å²) in [6.45, 7) is 3.98. The van der Waals surface area contributed by atoms with Crippen molar-refractivity contribution < 1.29 is 4.79 Å². The number of hydrazine groups is 1. The molecule has 0 saturated heterocycles. The van der Waals surface area contributed by atoms with Crippen molar-refractivity contribution in [2.24, 2.45) is 0 Å². The monoisotopic (exact) mass is 300 g/mol. The molecular weight excluding hydrogens is 284 g/mol. The molecule has 0 unspecified atom stereocenters. The van der Waals surface area contributed by atoms with Crippen LogP contribution in [-0.4, -0.2) is 16.0 Å². The van der Waals surface area contributed by atoms with Crippen molar-refractivity contribution in [2.45, 2.75) is 13.8 Å². The van der Waals surface area contributed by atoms with Gasteiger partial charge in [-0.25, -0.2) is 0 Å². The van der Waals surface area contributed by atoms with Gasteiger partial charge < -0.3 is 5.32 Å². The Morgan fingerprint density at radius 1 is 1.10 bits per heavy atom. The molecule has 2 aromatic rings. The van der Waals surface area contributed by atoms with Crippen LogP contribution in [0, 0.1) is 13.8 Å². The van der Waals surface area contributed by atoms with Gasteiger partial charge in [-0.05, 0) is 49.3 Å². The van der Waals surface area contributed by atoms with E-state index in [1.807, 2.05) is 32.0 Å². The van der Waals surface area contributed by atoms with Crippen molar-refractivity contribution in [1.29, 1.82) is 0 Å². The van der Waals surface area contributed by atoms with Crippen LogP contribution in [0.1, 0.15) is 21.5 Å². The van der Waals surface area contributed by atoms with Gasteiger partial charge in [0.2, 0.25) is 0 Å². The molecule has 2 rings (SSSR count). The fraction of sp³-hybridized carbons (Fsp3) is 0.133. The summed E-state index contributed by atoms with van der Waals surface area (Å²) < 4.78 is 0. The number of aryl methyl sites for hydroxylation is 2. The molecule has 21 heavy (non-hydrogen) atoms. The predicted molar refractivity (Wildman–Crippen MR) is 87.0 cm³/mol. The van der Waals surface area contributed by atoms with E-state index in [1.165, 1.54) is 6.20 Å². The molecule has 1 heterocycles. The number of carbonyl (C=O) groups excluding carboxylic acids is 1. The fourth-order valence-electron chi connectivity index (χ4n) is 1.84. The number of hydrogen-bond acceptors (Lipinski definition) is 3. The summed E-state index contributed by atoms with van der Waals surface area (Å²) >= 11 is 5.17. The fourth-order valence-corrected chi connectivity index (χ4v) is 1.99. The zero-order chi connectivity index (χ0) is 15.2. The summed E-state index contributed by atoms with van der Waals surface area (Å²) in [7, 11) is 0. The molecule has 6 heteroatoms. The van der Waals surface area contributed by atoms with E-state index >= 15 is 0 Å². The van der Waals surface area contributed by atoms with Crippen LogP contribution < -0.4 is 16.2 Å². The Hall–Kier alpha value is -2.47. The number of aromatic nitrogens is 1. The molecule has 5 nitrogen and oxygen atoms in total. The van der Waals surface area contributed by atoms with Crippen LogP contribution in [0.15, 0.2) is 42.7 Å². The van der Waals surface area contributed by atoms with Crippen LogP contribution in [0.5, 0.6) is 0 Å². The Kier molecular flexibility index (Phi) is 4.84. The third kappa shape index (κ3) is 4.00. The van der Waals surface area contributed by atoms with Gasteiger partial charge in [0.25, 0.3) is 5.91 Å². The largest absolute Gasteiger partial charge is 0.331 e. The van der Waals surface area contributed by atoms with Crippen molar-refractivity contribution in [1.82, 2.24) is 15.8 Å². The van der Waals surface area contributed by atoms with Crippen LogP contribution >= 0.6 is 12.2 Å². The number of pyridine rings is 1. The maximum atomic E-state index is 11.8. The lowest BCUT2D eigenvalue weighted by atomic mass is 10.1. The highest BCUT2D eigenvalue weighted by atomic mass is 32.1. The number of nitrogens with one attached hydrogen (secondary N) is 3. The average molecular weight is 300 g/mol. The van der Waals surface area contributed by atoms with E-state index < -0.39 is 0 Å². The number of hydrogen-bond donors (Lipinski definition) is 3. The van der Waals surface area contributed by atoms with Gasteiger partial charge in [-0.1, -0.05) is 18.2 Å². The van der Waals surface area contributed by atoms with Gasteiger partial charge in [-0.15, -0.1) is 0 Å². The van der Waals surface area contributed by atoms with Gasteiger partial charge in [0.1, 0.15) is 0 Å². The maximum Gasteiger partial charge on any atom is 0.271 e. The Labute approximate surface area is 128 Å². The highest BCUT2D eigenvalue weighted by Gasteiger charge is 2.07. The second-order valence-electron chi connectivity index (χ2n) is 4.54. The summed E-state index contributed by atoms with van der Waals surface area (Å²) in [5.41, 5.74) is 8.76. The van der Waals surface area contributed by atoms with E-state index in [9.17, 15) is 4.79 Å². The molecule has 0 aliphatic rings. The first-order chi connectivity index (χ1) is 10.1.